The number of para-hydroxylation sites is 2. The third-order valence-corrected chi connectivity index (χ3v) is 4.19. The summed E-state index contributed by atoms with van der Waals surface area (Å²) in [5.41, 5.74) is 5.13. The molecule has 22 heavy (non-hydrogen) atoms. The number of fused-ring (bicyclic) bond motifs is 3. The van der Waals surface area contributed by atoms with Crippen molar-refractivity contribution in [3.05, 3.63) is 65.0 Å². The Morgan fingerprint density at radius 1 is 1.09 bits per heavy atom. The van der Waals surface area contributed by atoms with Crippen molar-refractivity contribution in [2.45, 2.75) is 6.92 Å². The highest BCUT2D eigenvalue weighted by molar-refractivity contribution is 9.10. The number of nitrogens with zero attached hydrogens (tertiary/aromatic N) is 3. The van der Waals surface area contributed by atoms with Gasteiger partial charge in [-0.05, 0) is 42.8 Å². The summed E-state index contributed by atoms with van der Waals surface area (Å²) >= 11 is 3.49. The molecule has 4 rings (SSSR count). The zero-order valence-electron chi connectivity index (χ0n) is 11.9. The van der Waals surface area contributed by atoms with E-state index < -0.39 is 0 Å². The molecule has 0 bridgehead atoms. The predicted octanol–water partition coefficient (Wildman–Crippen LogP) is 4.70. The number of benzene rings is 2. The number of nitrogens with one attached hydrogen (secondary N) is 1. The van der Waals surface area contributed by atoms with E-state index in [2.05, 4.69) is 43.6 Å². The van der Waals surface area contributed by atoms with Gasteiger partial charge >= 0.3 is 0 Å². The zero-order chi connectivity index (χ0) is 15.1. The first kappa shape index (κ1) is 13.3. The van der Waals surface area contributed by atoms with Crippen molar-refractivity contribution >= 4 is 44.0 Å². The molecule has 0 amide bonds. The first-order valence-corrected chi connectivity index (χ1v) is 7.76. The van der Waals surface area contributed by atoms with E-state index in [0.717, 1.165) is 38.1 Å². The number of rotatable bonds is 2. The van der Waals surface area contributed by atoms with Gasteiger partial charge in [0.1, 0.15) is 5.52 Å². The van der Waals surface area contributed by atoms with E-state index >= 15 is 0 Å². The highest BCUT2D eigenvalue weighted by Gasteiger charge is 2.09. The number of aryl methyl sites for hydroxylation is 1. The minimum atomic E-state index is 0.807. The Morgan fingerprint density at radius 3 is 2.82 bits per heavy atom. The van der Waals surface area contributed by atoms with Crippen LogP contribution in [-0.2, 0) is 0 Å². The summed E-state index contributed by atoms with van der Waals surface area (Å²) in [5, 5.41) is 3.43. The summed E-state index contributed by atoms with van der Waals surface area (Å²) < 4.78 is 3.12. The molecule has 0 atom stereocenters. The molecule has 0 aliphatic carbocycles. The lowest BCUT2D eigenvalue weighted by molar-refractivity contribution is 1.19. The van der Waals surface area contributed by atoms with Gasteiger partial charge in [-0.25, -0.2) is 9.97 Å². The Labute approximate surface area is 136 Å². The number of halogens is 1. The van der Waals surface area contributed by atoms with Gasteiger partial charge in [0, 0.05) is 10.2 Å². The fourth-order valence-corrected chi connectivity index (χ4v) is 3.06. The van der Waals surface area contributed by atoms with Crippen LogP contribution in [0.2, 0.25) is 0 Å². The molecular formula is C17H13BrN4. The first-order chi connectivity index (χ1) is 10.7. The molecule has 0 saturated heterocycles. The molecule has 0 spiro atoms. The second-order valence-corrected chi connectivity index (χ2v) is 6.10. The maximum Gasteiger partial charge on any atom is 0.157 e. The summed E-state index contributed by atoms with van der Waals surface area (Å²) in [4.78, 5) is 9.02. The van der Waals surface area contributed by atoms with Crippen molar-refractivity contribution in [1.82, 2.24) is 14.4 Å². The molecule has 4 aromatic rings. The van der Waals surface area contributed by atoms with Crippen molar-refractivity contribution in [3.8, 4) is 0 Å². The summed E-state index contributed by atoms with van der Waals surface area (Å²) in [7, 11) is 0. The molecule has 0 radical (unpaired) electrons. The SMILES string of the molecule is Cc1cc(Br)ccc1Nc1nc2ccccc2n2cncc12. The number of hydrogen-bond donors (Lipinski definition) is 1. The maximum absolute atomic E-state index is 4.75. The predicted molar refractivity (Wildman–Crippen MR) is 92.7 cm³/mol. The molecule has 0 aliphatic heterocycles. The van der Waals surface area contributed by atoms with Crippen LogP contribution in [0.25, 0.3) is 16.6 Å². The van der Waals surface area contributed by atoms with Gasteiger partial charge < -0.3 is 5.32 Å². The number of hydrogen-bond acceptors (Lipinski definition) is 3. The highest BCUT2D eigenvalue weighted by Crippen LogP contribution is 2.27. The number of imidazole rings is 1. The third-order valence-electron chi connectivity index (χ3n) is 3.70. The Morgan fingerprint density at radius 2 is 1.95 bits per heavy atom. The van der Waals surface area contributed by atoms with Gasteiger partial charge in [0.2, 0.25) is 0 Å². The van der Waals surface area contributed by atoms with Crippen molar-refractivity contribution in [2.75, 3.05) is 5.32 Å². The minimum Gasteiger partial charge on any atom is -0.338 e. The van der Waals surface area contributed by atoms with E-state index in [1.54, 1.807) is 0 Å². The molecule has 0 unspecified atom stereocenters. The Hall–Kier alpha value is -2.40. The van der Waals surface area contributed by atoms with Gasteiger partial charge in [-0.3, -0.25) is 4.40 Å². The standard InChI is InChI=1S/C17H13BrN4/c1-11-8-12(18)6-7-13(11)20-17-16-9-19-10-22(16)15-5-3-2-4-14(15)21-17/h2-10H,1H3,(H,20,21). The van der Waals surface area contributed by atoms with E-state index in [1.165, 1.54) is 0 Å². The molecule has 4 nitrogen and oxygen atoms in total. The smallest absolute Gasteiger partial charge is 0.157 e. The van der Waals surface area contributed by atoms with Crippen molar-refractivity contribution in [3.63, 3.8) is 0 Å². The van der Waals surface area contributed by atoms with Crippen LogP contribution in [0.5, 0.6) is 0 Å². The van der Waals surface area contributed by atoms with Gasteiger partial charge in [0.05, 0.1) is 23.6 Å². The quantitative estimate of drug-likeness (QED) is 0.568. The number of anilines is 2. The molecule has 2 aromatic heterocycles. The van der Waals surface area contributed by atoms with E-state index in [0.29, 0.717) is 0 Å². The minimum absolute atomic E-state index is 0.807. The summed E-state index contributed by atoms with van der Waals surface area (Å²) in [6.45, 7) is 2.07. The van der Waals surface area contributed by atoms with E-state index in [1.807, 2.05) is 48.9 Å². The molecule has 108 valence electrons. The lowest BCUT2D eigenvalue weighted by atomic mass is 10.2. The lowest BCUT2D eigenvalue weighted by Crippen LogP contribution is -2.00. The van der Waals surface area contributed by atoms with Crippen LogP contribution >= 0.6 is 15.9 Å². The van der Waals surface area contributed by atoms with Crippen molar-refractivity contribution in [2.24, 2.45) is 0 Å². The zero-order valence-corrected chi connectivity index (χ0v) is 13.5. The Kier molecular flexibility index (Phi) is 3.08. The largest absolute Gasteiger partial charge is 0.338 e. The second-order valence-electron chi connectivity index (χ2n) is 5.18. The number of aromatic nitrogens is 3. The molecule has 2 heterocycles. The molecule has 2 aromatic carbocycles. The van der Waals surface area contributed by atoms with E-state index in [-0.39, 0.29) is 0 Å². The van der Waals surface area contributed by atoms with E-state index in [4.69, 9.17) is 4.98 Å². The molecular weight excluding hydrogens is 340 g/mol. The Bertz CT molecular complexity index is 990. The summed E-state index contributed by atoms with van der Waals surface area (Å²) in [5.74, 6) is 0.807. The normalized spacial score (nSPS) is 11.2. The maximum atomic E-state index is 4.75. The van der Waals surface area contributed by atoms with Gasteiger partial charge in [-0.2, -0.15) is 0 Å². The molecule has 0 saturated carbocycles. The van der Waals surface area contributed by atoms with Crippen molar-refractivity contribution in [1.29, 1.82) is 0 Å². The fourth-order valence-electron chi connectivity index (χ4n) is 2.59. The monoisotopic (exact) mass is 352 g/mol. The average molecular weight is 353 g/mol. The molecule has 5 heteroatoms. The van der Waals surface area contributed by atoms with Crippen molar-refractivity contribution < 1.29 is 0 Å². The molecule has 0 fully saturated rings. The van der Waals surface area contributed by atoms with Crippen LogP contribution in [0.15, 0.2) is 59.5 Å². The van der Waals surface area contributed by atoms with E-state index in [9.17, 15) is 0 Å². The summed E-state index contributed by atoms with van der Waals surface area (Å²) in [6, 6.07) is 14.2. The second kappa shape index (κ2) is 5.10. The van der Waals surface area contributed by atoms with Crippen LogP contribution in [0.4, 0.5) is 11.5 Å². The van der Waals surface area contributed by atoms with Crippen LogP contribution in [-0.4, -0.2) is 14.4 Å². The first-order valence-electron chi connectivity index (χ1n) is 6.96. The van der Waals surface area contributed by atoms with Gasteiger partial charge in [0.25, 0.3) is 0 Å². The van der Waals surface area contributed by atoms with Crippen LogP contribution in [0.1, 0.15) is 5.56 Å². The third kappa shape index (κ3) is 2.14. The summed E-state index contributed by atoms with van der Waals surface area (Å²) in [6.07, 6.45) is 3.65. The average Bonchev–Trinajstić information content (AvgIpc) is 3.00. The fraction of sp³-hybridized carbons (Fsp3) is 0.0588. The van der Waals surface area contributed by atoms with Gasteiger partial charge in [0.15, 0.2) is 5.82 Å². The van der Waals surface area contributed by atoms with Crippen LogP contribution in [0.3, 0.4) is 0 Å². The van der Waals surface area contributed by atoms with Crippen LogP contribution in [0, 0.1) is 6.92 Å². The molecule has 1 N–H and O–H groups in total. The topological polar surface area (TPSA) is 42.2 Å². The van der Waals surface area contributed by atoms with Gasteiger partial charge in [-0.15, -0.1) is 0 Å². The Balaban J connectivity index is 1.91. The van der Waals surface area contributed by atoms with Crippen LogP contribution < -0.4 is 5.32 Å². The lowest BCUT2D eigenvalue weighted by Gasteiger charge is -2.12. The van der Waals surface area contributed by atoms with Gasteiger partial charge in [-0.1, -0.05) is 28.1 Å². The molecule has 0 aliphatic rings. The highest BCUT2D eigenvalue weighted by atomic mass is 79.9.